The molecule has 1 aliphatic rings. The Hall–Kier alpha value is -1.42. The van der Waals surface area contributed by atoms with E-state index in [0.717, 1.165) is 57.8 Å². The zero-order valence-electron chi connectivity index (χ0n) is 49.8. The third kappa shape index (κ3) is 45.8. The van der Waals surface area contributed by atoms with Gasteiger partial charge in [0, 0.05) is 6.42 Å². The number of hydrogen-bond donors (Lipinski definition) is 6. The van der Waals surface area contributed by atoms with E-state index in [1.54, 1.807) is 0 Å². The lowest BCUT2D eigenvalue weighted by Crippen LogP contribution is -2.61. The van der Waals surface area contributed by atoms with E-state index in [1.165, 1.54) is 238 Å². The number of nitrogens with one attached hydrogen (secondary N) is 1. The quantitative estimate of drug-likeness (QED) is 0.0193. The fourth-order valence-corrected chi connectivity index (χ4v) is 11.2. The predicted octanol–water partition coefficient (Wildman–Crippen LogP) is 16.4. The van der Waals surface area contributed by atoms with E-state index in [1.807, 2.05) is 0 Å². The van der Waals surface area contributed by atoms with Crippen LogP contribution < -0.4 is 5.32 Å². The third-order valence-corrected chi connectivity index (χ3v) is 16.2. The first kappa shape index (κ1) is 73.6. The van der Waals surface area contributed by atoms with E-state index in [9.17, 15) is 38.2 Å². The van der Waals surface area contributed by atoms with Crippen LogP contribution in [0.1, 0.15) is 322 Å². The van der Waals surface area contributed by atoms with Crippen molar-refractivity contribution >= 4 is 16.3 Å². The van der Waals surface area contributed by atoms with E-state index < -0.39 is 59.9 Å². The number of rotatable bonds is 58. The molecule has 1 aliphatic heterocycles. The molecule has 1 heterocycles. The van der Waals surface area contributed by atoms with Crippen molar-refractivity contribution in [1.82, 2.24) is 5.32 Å². The Morgan fingerprint density at radius 2 is 0.870 bits per heavy atom. The zero-order chi connectivity index (χ0) is 56.1. The largest absolute Gasteiger partial charge is 0.397 e. The minimum Gasteiger partial charge on any atom is -0.394 e. The Kier molecular flexibility index (Phi) is 51.5. The van der Waals surface area contributed by atoms with Crippen molar-refractivity contribution in [2.75, 3.05) is 13.2 Å². The van der Waals surface area contributed by atoms with Crippen molar-refractivity contribution in [3.05, 3.63) is 24.3 Å². The Bertz CT molecular complexity index is 1450. The molecule has 77 heavy (non-hydrogen) atoms. The maximum absolute atomic E-state index is 13.2. The average Bonchev–Trinajstić information content (AvgIpc) is 3.41. The standard InChI is InChI=1S/C64H123NO11S/c1-3-5-7-9-11-13-15-17-19-20-21-22-23-24-25-26-27-28-29-30-31-32-33-34-35-36-37-38-40-42-44-46-48-50-52-54-60(68)65-57(56-74-64-62(70)63(76-77(71,72)73)61(69)59(55-66)75-64)58(67)53-51-49-47-45-43-41-39-18-16-14-12-10-8-6-4-2/h23-24,26-27,57-59,61-64,66-67,69-70H,3-22,25,28-56H2,1-2H3,(H,65,68)(H,71,72,73)/b24-23-,27-26-. The molecule has 7 atom stereocenters. The first-order valence-corrected chi connectivity index (χ1v) is 34.1. The van der Waals surface area contributed by atoms with Crippen LogP contribution in [-0.2, 0) is 28.9 Å². The summed E-state index contributed by atoms with van der Waals surface area (Å²) in [5.41, 5.74) is 0. The molecule has 7 unspecified atom stereocenters. The monoisotopic (exact) mass is 1110 g/mol. The molecular weight excluding hydrogens is 991 g/mol. The van der Waals surface area contributed by atoms with Crippen molar-refractivity contribution in [2.45, 2.75) is 365 Å². The molecule has 456 valence electrons. The van der Waals surface area contributed by atoms with Crippen molar-refractivity contribution < 1.29 is 51.8 Å². The Balaban J connectivity index is 2.19. The predicted molar refractivity (Wildman–Crippen MR) is 319 cm³/mol. The van der Waals surface area contributed by atoms with E-state index in [4.69, 9.17) is 9.47 Å². The molecule has 1 fully saturated rings. The number of aliphatic hydroxyl groups excluding tert-OH is 4. The van der Waals surface area contributed by atoms with Crippen LogP contribution in [0, 0.1) is 0 Å². The summed E-state index contributed by atoms with van der Waals surface area (Å²) in [6, 6.07) is -0.857. The molecule has 0 saturated carbocycles. The van der Waals surface area contributed by atoms with E-state index >= 15 is 0 Å². The van der Waals surface area contributed by atoms with Gasteiger partial charge < -0.3 is 35.2 Å². The highest BCUT2D eigenvalue weighted by Crippen LogP contribution is 2.26. The van der Waals surface area contributed by atoms with Crippen molar-refractivity contribution in [3.63, 3.8) is 0 Å². The Morgan fingerprint density at radius 1 is 0.519 bits per heavy atom. The van der Waals surface area contributed by atoms with Crippen LogP contribution in [0.15, 0.2) is 24.3 Å². The molecule has 0 aliphatic carbocycles. The second-order valence-electron chi connectivity index (χ2n) is 23.1. The summed E-state index contributed by atoms with van der Waals surface area (Å²) in [5, 5.41) is 45.2. The second kappa shape index (κ2) is 53.9. The summed E-state index contributed by atoms with van der Waals surface area (Å²) in [6.45, 7) is 3.49. The van der Waals surface area contributed by atoms with Gasteiger partial charge >= 0.3 is 10.4 Å². The van der Waals surface area contributed by atoms with Crippen LogP contribution in [0.4, 0.5) is 0 Å². The fourth-order valence-electron chi connectivity index (χ4n) is 10.7. The van der Waals surface area contributed by atoms with E-state index in [2.05, 4.69) is 47.7 Å². The molecule has 0 aromatic carbocycles. The molecule has 13 heteroatoms. The molecule has 1 amide bonds. The number of aliphatic hydroxyl groups is 4. The highest BCUT2D eigenvalue weighted by atomic mass is 32.3. The molecule has 0 aromatic heterocycles. The number of carbonyl (C=O) groups is 1. The average molecular weight is 1110 g/mol. The molecular formula is C64H123NO11S. The maximum Gasteiger partial charge on any atom is 0.397 e. The van der Waals surface area contributed by atoms with E-state index in [0.29, 0.717) is 12.8 Å². The highest BCUT2D eigenvalue weighted by Gasteiger charge is 2.48. The third-order valence-electron chi connectivity index (χ3n) is 15.8. The van der Waals surface area contributed by atoms with Gasteiger partial charge in [-0.15, -0.1) is 0 Å². The molecule has 0 bridgehead atoms. The number of carbonyl (C=O) groups excluding carboxylic acids is 1. The molecule has 0 aromatic rings. The van der Waals surface area contributed by atoms with Crippen molar-refractivity contribution in [1.29, 1.82) is 0 Å². The molecule has 6 N–H and O–H groups in total. The summed E-state index contributed by atoms with van der Waals surface area (Å²) in [5.74, 6) is -0.225. The molecule has 1 rings (SSSR count). The Labute approximate surface area is 473 Å². The van der Waals surface area contributed by atoms with E-state index in [-0.39, 0.29) is 12.5 Å². The number of unbranched alkanes of at least 4 members (excludes halogenated alkanes) is 42. The maximum atomic E-state index is 13.2. The fraction of sp³-hybridized carbons (Fsp3) is 0.922. The zero-order valence-corrected chi connectivity index (χ0v) is 50.6. The first-order chi connectivity index (χ1) is 37.5. The van der Waals surface area contributed by atoms with Gasteiger partial charge in [-0.2, -0.15) is 8.42 Å². The van der Waals surface area contributed by atoms with Crippen LogP contribution >= 0.6 is 0 Å². The van der Waals surface area contributed by atoms with Gasteiger partial charge in [0.2, 0.25) is 5.91 Å². The number of hydrogen-bond acceptors (Lipinski definition) is 10. The minimum absolute atomic E-state index is 0.225. The normalized spacial score (nSPS) is 19.0. The van der Waals surface area contributed by atoms with Crippen molar-refractivity contribution in [2.24, 2.45) is 0 Å². The lowest BCUT2D eigenvalue weighted by atomic mass is 9.99. The minimum atomic E-state index is -5.08. The topological polar surface area (TPSA) is 192 Å². The van der Waals surface area contributed by atoms with Crippen LogP contribution in [-0.4, -0.2) is 95.4 Å². The summed E-state index contributed by atoms with van der Waals surface area (Å²) in [4.78, 5) is 13.2. The number of ether oxygens (including phenoxy) is 2. The number of amides is 1. The SMILES string of the molecule is CCCCCCCCCCCCC/C=C\C/C=C\CCCCCCCCCCCCCCCCCCCC(=O)NC(COC1OC(CO)C(O)C(OS(=O)(=O)O)C1O)C(O)CCCCCCCCCCCCCCCCC. The van der Waals surface area contributed by atoms with Gasteiger partial charge in [-0.25, -0.2) is 4.18 Å². The van der Waals surface area contributed by atoms with Gasteiger partial charge in [0.05, 0.1) is 25.4 Å². The van der Waals surface area contributed by atoms with Gasteiger partial charge in [-0.05, 0) is 44.9 Å². The summed E-state index contributed by atoms with van der Waals surface area (Å²) >= 11 is 0. The first-order valence-electron chi connectivity index (χ1n) is 32.7. The van der Waals surface area contributed by atoms with Gasteiger partial charge in [0.15, 0.2) is 6.29 Å². The summed E-state index contributed by atoms with van der Waals surface area (Å²) in [7, 11) is -5.08. The summed E-state index contributed by atoms with van der Waals surface area (Å²) in [6.07, 6.45) is 59.3. The lowest BCUT2D eigenvalue weighted by molar-refractivity contribution is -0.298. The van der Waals surface area contributed by atoms with Crippen LogP contribution in [0.5, 0.6) is 0 Å². The van der Waals surface area contributed by atoms with Gasteiger partial charge in [0.25, 0.3) is 0 Å². The highest BCUT2D eigenvalue weighted by molar-refractivity contribution is 7.80. The molecule has 0 radical (unpaired) electrons. The second-order valence-corrected chi connectivity index (χ2v) is 24.1. The smallest absolute Gasteiger partial charge is 0.394 e. The van der Waals surface area contributed by atoms with Crippen LogP contribution in [0.3, 0.4) is 0 Å². The summed E-state index contributed by atoms with van der Waals surface area (Å²) < 4.78 is 48.0. The van der Waals surface area contributed by atoms with Gasteiger partial charge in [-0.3, -0.25) is 9.35 Å². The molecule has 12 nitrogen and oxygen atoms in total. The van der Waals surface area contributed by atoms with Crippen molar-refractivity contribution in [3.8, 4) is 0 Å². The number of allylic oxidation sites excluding steroid dienone is 4. The van der Waals surface area contributed by atoms with Gasteiger partial charge in [0.1, 0.15) is 24.4 Å². The van der Waals surface area contributed by atoms with Crippen LogP contribution in [0.25, 0.3) is 0 Å². The molecule has 1 saturated heterocycles. The Morgan fingerprint density at radius 3 is 1.23 bits per heavy atom. The molecule has 0 spiro atoms. The van der Waals surface area contributed by atoms with Crippen LogP contribution in [0.2, 0.25) is 0 Å². The lowest BCUT2D eigenvalue weighted by Gasteiger charge is -2.41. The van der Waals surface area contributed by atoms with Gasteiger partial charge in [-0.1, -0.05) is 295 Å².